The average Bonchev–Trinajstić information content (AvgIpc) is 3.53. The molecular weight excluding hydrogens is 524 g/mol. The van der Waals surface area contributed by atoms with Gasteiger partial charge in [-0.3, -0.25) is 9.59 Å². The maximum atomic E-state index is 12.8. The third-order valence-corrected chi connectivity index (χ3v) is 8.25. The summed E-state index contributed by atoms with van der Waals surface area (Å²) >= 11 is 0. The smallest absolute Gasteiger partial charge is 0.463 e. The van der Waals surface area contributed by atoms with E-state index in [-0.39, 0.29) is 67.5 Å². The zero-order valence-electron chi connectivity index (χ0n) is 23.3. The van der Waals surface area contributed by atoms with E-state index in [9.17, 15) is 19.2 Å². The molecule has 2 saturated carbocycles. The zero-order chi connectivity index (χ0) is 28.5. The van der Waals surface area contributed by atoms with Gasteiger partial charge in [0.2, 0.25) is 0 Å². The Morgan fingerprint density at radius 2 is 1.27 bits per heavy atom. The molecule has 4 rings (SSSR count). The van der Waals surface area contributed by atoms with Crippen molar-refractivity contribution in [3.8, 4) is 0 Å². The first-order valence-electron chi connectivity index (χ1n) is 14.6. The second kappa shape index (κ2) is 14.8. The van der Waals surface area contributed by atoms with Gasteiger partial charge in [-0.05, 0) is 64.2 Å². The first-order chi connectivity index (χ1) is 19.3. The van der Waals surface area contributed by atoms with Gasteiger partial charge in [-0.15, -0.1) is 0 Å². The highest BCUT2D eigenvalue weighted by molar-refractivity contribution is 5.81. The van der Waals surface area contributed by atoms with Crippen LogP contribution in [0, 0.1) is 17.8 Å². The summed E-state index contributed by atoms with van der Waals surface area (Å²) in [5.74, 6) is -1.02. The number of hydrogen-bond acceptors (Lipinski definition) is 11. The van der Waals surface area contributed by atoms with E-state index in [2.05, 4.69) is 13.5 Å². The molecule has 11 nitrogen and oxygen atoms in total. The first kappa shape index (κ1) is 30.3. The van der Waals surface area contributed by atoms with Crippen molar-refractivity contribution in [2.45, 2.75) is 102 Å². The molecule has 4 aliphatic rings. The number of carbonyl (C=O) groups excluding carboxylic acids is 4. The van der Waals surface area contributed by atoms with Crippen LogP contribution in [0.3, 0.4) is 0 Å². The molecule has 0 unspecified atom stereocenters. The Hall–Kier alpha value is -2.66. The SMILES string of the molecule is C=CC(=O)OCCCCOC(=O)OC1CCC(C(=O)OC2CCC(C(=O)O[C@@H]3CO[C@H]4[C@@H]3OC[C@H]4C)CC2)CC1. The number of unbranched alkanes of at least 4 members (excludes halogenated alkanes) is 1. The maximum Gasteiger partial charge on any atom is 0.508 e. The van der Waals surface area contributed by atoms with E-state index in [0.29, 0.717) is 83.3 Å². The summed E-state index contributed by atoms with van der Waals surface area (Å²) in [6, 6.07) is 0. The van der Waals surface area contributed by atoms with Crippen LogP contribution in [0.4, 0.5) is 4.79 Å². The van der Waals surface area contributed by atoms with Crippen LogP contribution in [-0.2, 0) is 47.5 Å². The highest BCUT2D eigenvalue weighted by atomic mass is 16.7. The first-order valence-corrected chi connectivity index (χ1v) is 14.6. The molecule has 0 radical (unpaired) electrons. The number of ether oxygens (including phenoxy) is 7. The van der Waals surface area contributed by atoms with Crippen molar-refractivity contribution in [3.05, 3.63) is 12.7 Å². The van der Waals surface area contributed by atoms with Gasteiger partial charge in [-0.25, -0.2) is 9.59 Å². The van der Waals surface area contributed by atoms with Crippen molar-refractivity contribution in [2.24, 2.45) is 17.8 Å². The summed E-state index contributed by atoms with van der Waals surface area (Å²) in [6.07, 6.45) is 5.30. The highest BCUT2D eigenvalue weighted by Gasteiger charge is 2.48. The van der Waals surface area contributed by atoms with E-state index < -0.39 is 12.1 Å². The van der Waals surface area contributed by atoms with Crippen LogP contribution in [0.25, 0.3) is 0 Å². The van der Waals surface area contributed by atoms with E-state index in [0.717, 1.165) is 6.08 Å². The standard InChI is InChI=1S/C29H42O11/c1-3-24(30)34-14-4-5-15-35-29(33)39-22-12-8-19(9-13-22)27(31)38-21-10-6-20(7-11-21)28(32)40-23-17-37-25-18(2)16-36-26(23)25/h3,18-23,25-26H,1,4-17H2,2H3/t18-,19?,20?,21?,22?,23-,25-,26-/m1/s1. The van der Waals surface area contributed by atoms with E-state index >= 15 is 0 Å². The highest BCUT2D eigenvalue weighted by Crippen LogP contribution is 2.35. The van der Waals surface area contributed by atoms with Gasteiger partial charge in [-0.1, -0.05) is 13.5 Å². The molecule has 2 heterocycles. The van der Waals surface area contributed by atoms with Gasteiger partial charge in [0.25, 0.3) is 0 Å². The lowest BCUT2D eigenvalue weighted by Gasteiger charge is -2.31. The lowest BCUT2D eigenvalue weighted by Crippen LogP contribution is -2.37. The predicted octanol–water partition coefficient (Wildman–Crippen LogP) is 3.66. The molecule has 0 amide bonds. The maximum absolute atomic E-state index is 12.8. The van der Waals surface area contributed by atoms with Gasteiger partial charge in [0.1, 0.15) is 18.3 Å². The molecule has 0 bridgehead atoms. The molecule has 0 spiro atoms. The molecule has 2 aliphatic carbocycles. The minimum atomic E-state index is -0.727. The van der Waals surface area contributed by atoms with Gasteiger partial charge < -0.3 is 33.2 Å². The van der Waals surface area contributed by atoms with Gasteiger partial charge in [0.15, 0.2) is 6.10 Å². The molecule has 40 heavy (non-hydrogen) atoms. The molecule has 0 aromatic rings. The molecular formula is C29H42O11. The fourth-order valence-electron chi connectivity index (χ4n) is 5.86. The quantitative estimate of drug-likeness (QED) is 0.157. The summed E-state index contributed by atoms with van der Waals surface area (Å²) in [5, 5.41) is 0. The van der Waals surface area contributed by atoms with Crippen molar-refractivity contribution in [3.63, 3.8) is 0 Å². The molecule has 11 heteroatoms. The number of esters is 3. The minimum Gasteiger partial charge on any atom is -0.463 e. The molecule has 4 atom stereocenters. The summed E-state index contributed by atoms with van der Waals surface area (Å²) in [4.78, 5) is 48.4. The van der Waals surface area contributed by atoms with Crippen molar-refractivity contribution < 1.29 is 52.3 Å². The van der Waals surface area contributed by atoms with Gasteiger partial charge >= 0.3 is 24.1 Å². The molecule has 2 saturated heterocycles. The molecule has 4 fully saturated rings. The molecule has 2 aliphatic heterocycles. The van der Waals surface area contributed by atoms with Crippen molar-refractivity contribution in [1.29, 1.82) is 0 Å². The lowest BCUT2D eigenvalue weighted by molar-refractivity contribution is -0.163. The van der Waals surface area contributed by atoms with Gasteiger partial charge in [-0.2, -0.15) is 0 Å². The molecule has 0 aromatic carbocycles. The van der Waals surface area contributed by atoms with Gasteiger partial charge in [0, 0.05) is 12.0 Å². The topological polar surface area (TPSA) is 133 Å². The van der Waals surface area contributed by atoms with Gasteiger partial charge in [0.05, 0.1) is 44.4 Å². The second-order valence-corrected chi connectivity index (χ2v) is 11.2. The normalized spacial score (nSPS) is 33.3. The Bertz CT molecular complexity index is 888. The monoisotopic (exact) mass is 566 g/mol. The van der Waals surface area contributed by atoms with E-state index in [1.54, 1.807) is 0 Å². The molecule has 0 aromatic heterocycles. The Kier molecular flexibility index (Phi) is 11.2. The fraction of sp³-hybridized carbons (Fsp3) is 0.793. The molecule has 224 valence electrons. The zero-order valence-corrected chi connectivity index (χ0v) is 23.3. The van der Waals surface area contributed by atoms with E-state index in [4.69, 9.17) is 33.2 Å². The molecule has 0 N–H and O–H groups in total. The Morgan fingerprint density at radius 1 is 0.725 bits per heavy atom. The van der Waals surface area contributed by atoms with Crippen molar-refractivity contribution in [1.82, 2.24) is 0 Å². The fourth-order valence-corrected chi connectivity index (χ4v) is 5.86. The van der Waals surface area contributed by atoms with Crippen LogP contribution in [0.1, 0.15) is 71.1 Å². The Morgan fingerprint density at radius 3 is 1.90 bits per heavy atom. The van der Waals surface area contributed by atoms with Crippen LogP contribution >= 0.6 is 0 Å². The summed E-state index contributed by atoms with van der Waals surface area (Å²) in [5.41, 5.74) is 0. The number of rotatable bonds is 11. The van der Waals surface area contributed by atoms with E-state index in [1.165, 1.54) is 0 Å². The van der Waals surface area contributed by atoms with Crippen molar-refractivity contribution >= 4 is 24.1 Å². The van der Waals surface area contributed by atoms with Crippen LogP contribution in [0.15, 0.2) is 12.7 Å². The van der Waals surface area contributed by atoms with Crippen LogP contribution < -0.4 is 0 Å². The Labute approximate surface area is 235 Å². The van der Waals surface area contributed by atoms with Crippen molar-refractivity contribution in [2.75, 3.05) is 26.4 Å². The largest absolute Gasteiger partial charge is 0.508 e. The average molecular weight is 567 g/mol. The number of carbonyl (C=O) groups is 4. The summed E-state index contributed by atoms with van der Waals surface area (Å²) in [6.45, 7) is 6.81. The Balaban J connectivity index is 1.05. The summed E-state index contributed by atoms with van der Waals surface area (Å²) < 4.78 is 38.4. The number of hydrogen-bond donors (Lipinski definition) is 0. The lowest BCUT2D eigenvalue weighted by atomic mass is 9.86. The summed E-state index contributed by atoms with van der Waals surface area (Å²) in [7, 11) is 0. The number of fused-ring (bicyclic) bond motifs is 1. The second-order valence-electron chi connectivity index (χ2n) is 11.2. The third kappa shape index (κ3) is 8.42. The minimum absolute atomic E-state index is 0.00153. The van der Waals surface area contributed by atoms with Crippen LogP contribution in [0.5, 0.6) is 0 Å². The van der Waals surface area contributed by atoms with Crippen LogP contribution in [-0.4, -0.2) is 81.0 Å². The van der Waals surface area contributed by atoms with Crippen LogP contribution in [0.2, 0.25) is 0 Å². The predicted molar refractivity (Wildman–Crippen MR) is 139 cm³/mol. The van der Waals surface area contributed by atoms with E-state index in [1.807, 2.05) is 0 Å². The third-order valence-electron chi connectivity index (χ3n) is 8.25.